The van der Waals surface area contributed by atoms with Crippen molar-refractivity contribution >= 4 is 23.1 Å². The summed E-state index contributed by atoms with van der Waals surface area (Å²) in [6.45, 7) is 3.70. The first kappa shape index (κ1) is 16.2. The lowest BCUT2D eigenvalue weighted by molar-refractivity contribution is -0.116. The summed E-state index contributed by atoms with van der Waals surface area (Å²) in [5, 5.41) is 6.34. The van der Waals surface area contributed by atoms with Crippen molar-refractivity contribution in [2.45, 2.75) is 26.8 Å². The number of carbonyl (C=O) groups excluding carboxylic acids is 1. The molecule has 3 rings (SSSR count). The monoisotopic (exact) mass is 343 g/mol. The molecule has 0 unspecified atom stereocenters. The maximum atomic E-state index is 12.4. The van der Waals surface area contributed by atoms with E-state index in [-0.39, 0.29) is 23.2 Å². The number of thiazole rings is 1. The second-order valence-corrected chi connectivity index (χ2v) is 6.37. The highest BCUT2D eigenvalue weighted by Gasteiger charge is 2.18. The molecule has 2 heterocycles. The maximum absolute atomic E-state index is 12.4. The summed E-state index contributed by atoms with van der Waals surface area (Å²) in [7, 11) is 0. The molecule has 1 amide bonds. The van der Waals surface area contributed by atoms with Crippen LogP contribution >= 0.6 is 11.3 Å². The molecule has 1 N–H and O–H groups in total. The zero-order valence-electron chi connectivity index (χ0n) is 13.4. The number of hydrogen-bond donors (Lipinski definition) is 1. The van der Waals surface area contributed by atoms with Crippen LogP contribution in [-0.4, -0.2) is 15.6 Å². The van der Waals surface area contributed by atoms with Gasteiger partial charge in [-0.2, -0.15) is 0 Å². The maximum Gasteiger partial charge on any atom is 0.308 e. The SMILES string of the molecule is CCc1sc(=O)n(CC(=O)Nc2cc(C)no2)c1-c1ccccc1. The fourth-order valence-corrected chi connectivity index (χ4v) is 3.44. The highest BCUT2D eigenvalue weighted by atomic mass is 32.1. The second kappa shape index (κ2) is 6.84. The first-order valence-electron chi connectivity index (χ1n) is 7.59. The molecule has 6 nitrogen and oxygen atoms in total. The van der Waals surface area contributed by atoms with Crippen LogP contribution in [0.3, 0.4) is 0 Å². The van der Waals surface area contributed by atoms with E-state index in [2.05, 4.69) is 10.5 Å². The van der Waals surface area contributed by atoms with Crippen LogP contribution in [0.5, 0.6) is 0 Å². The summed E-state index contributed by atoms with van der Waals surface area (Å²) >= 11 is 1.18. The number of anilines is 1. The van der Waals surface area contributed by atoms with Crippen molar-refractivity contribution in [3.63, 3.8) is 0 Å². The van der Waals surface area contributed by atoms with Crippen LogP contribution in [0.15, 0.2) is 45.7 Å². The Morgan fingerprint density at radius 3 is 2.71 bits per heavy atom. The third-order valence-electron chi connectivity index (χ3n) is 3.53. The molecule has 24 heavy (non-hydrogen) atoms. The normalized spacial score (nSPS) is 10.8. The Hall–Kier alpha value is -2.67. The van der Waals surface area contributed by atoms with Gasteiger partial charge in [0.25, 0.3) is 0 Å². The summed E-state index contributed by atoms with van der Waals surface area (Å²) in [5.74, 6) is -0.0522. The number of hydrogen-bond acceptors (Lipinski definition) is 5. The zero-order valence-corrected chi connectivity index (χ0v) is 14.2. The summed E-state index contributed by atoms with van der Waals surface area (Å²) in [6.07, 6.45) is 0.736. The minimum atomic E-state index is -0.328. The summed E-state index contributed by atoms with van der Waals surface area (Å²) in [5.41, 5.74) is 2.41. The van der Waals surface area contributed by atoms with Crippen molar-refractivity contribution in [3.8, 4) is 11.3 Å². The van der Waals surface area contributed by atoms with Gasteiger partial charge in [0.2, 0.25) is 11.8 Å². The third kappa shape index (κ3) is 3.30. The molecule has 0 fully saturated rings. The zero-order chi connectivity index (χ0) is 17.1. The van der Waals surface area contributed by atoms with Gasteiger partial charge >= 0.3 is 4.87 Å². The van der Waals surface area contributed by atoms with Crippen molar-refractivity contribution < 1.29 is 9.32 Å². The molecular formula is C17H17N3O3S. The van der Waals surface area contributed by atoms with Gasteiger partial charge < -0.3 is 4.52 Å². The van der Waals surface area contributed by atoms with Gasteiger partial charge in [-0.15, -0.1) is 0 Å². The number of aromatic nitrogens is 2. The van der Waals surface area contributed by atoms with Gasteiger partial charge in [0.15, 0.2) is 0 Å². The molecule has 3 aromatic rings. The second-order valence-electron chi connectivity index (χ2n) is 5.33. The van der Waals surface area contributed by atoms with E-state index in [4.69, 9.17) is 4.52 Å². The molecule has 0 aliphatic heterocycles. The Balaban J connectivity index is 1.91. The number of nitrogens with zero attached hydrogens (tertiary/aromatic N) is 2. The number of rotatable bonds is 5. The van der Waals surface area contributed by atoms with E-state index in [1.54, 1.807) is 13.0 Å². The highest BCUT2D eigenvalue weighted by Crippen LogP contribution is 2.26. The highest BCUT2D eigenvalue weighted by molar-refractivity contribution is 7.09. The van der Waals surface area contributed by atoms with E-state index in [1.165, 1.54) is 15.9 Å². The third-order valence-corrected chi connectivity index (χ3v) is 4.65. The fourth-order valence-electron chi connectivity index (χ4n) is 2.49. The van der Waals surface area contributed by atoms with Crippen LogP contribution in [0.4, 0.5) is 5.88 Å². The molecule has 0 radical (unpaired) electrons. The summed E-state index contributed by atoms with van der Waals surface area (Å²) < 4.78 is 6.49. The first-order valence-corrected chi connectivity index (χ1v) is 8.41. The molecule has 0 bridgehead atoms. The predicted molar refractivity (Wildman–Crippen MR) is 93.3 cm³/mol. The predicted octanol–water partition coefficient (Wildman–Crippen LogP) is 3.07. The molecular weight excluding hydrogens is 326 g/mol. The van der Waals surface area contributed by atoms with Crippen LogP contribution in [0.2, 0.25) is 0 Å². The molecule has 0 atom stereocenters. The molecule has 0 spiro atoms. The van der Waals surface area contributed by atoms with Crippen molar-refractivity contribution in [2.75, 3.05) is 5.32 Å². The Labute approximate surface area is 142 Å². The standard InChI is InChI=1S/C17H17N3O3S/c1-3-13-16(12-7-5-4-6-8-12)20(17(22)24-13)10-14(21)18-15-9-11(2)19-23-15/h4-9H,3,10H2,1-2H3,(H,18,21). The van der Waals surface area contributed by atoms with E-state index in [0.29, 0.717) is 5.69 Å². The average molecular weight is 343 g/mol. The molecule has 0 aliphatic carbocycles. The number of aryl methyl sites for hydroxylation is 2. The van der Waals surface area contributed by atoms with Gasteiger partial charge in [-0.1, -0.05) is 53.7 Å². The molecule has 2 aromatic heterocycles. The van der Waals surface area contributed by atoms with Gasteiger partial charge in [0.1, 0.15) is 6.54 Å². The minimum absolute atomic E-state index is 0.0701. The smallest absolute Gasteiger partial charge is 0.308 e. The lowest BCUT2D eigenvalue weighted by Gasteiger charge is -2.09. The number of amides is 1. The van der Waals surface area contributed by atoms with Gasteiger partial charge in [0.05, 0.1) is 11.4 Å². The summed E-state index contributed by atoms with van der Waals surface area (Å²) in [6, 6.07) is 11.3. The Morgan fingerprint density at radius 1 is 1.33 bits per heavy atom. The quantitative estimate of drug-likeness (QED) is 0.772. The van der Waals surface area contributed by atoms with Gasteiger partial charge in [-0.3, -0.25) is 19.5 Å². The van der Waals surface area contributed by atoms with Crippen LogP contribution < -0.4 is 10.2 Å². The number of benzene rings is 1. The van der Waals surface area contributed by atoms with Crippen molar-refractivity contribution in [1.29, 1.82) is 0 Å². The fraction of sp³-hybridized carbons (Fsp3) is 0.235. The van der Waals surface area contributed by atoms with Gasteiger partial charge in [-0.05, 0) is 18.9 Å². The largest absolute Gasteiger partial charge is 0.338 e. The Bertz CT molecular complexity index is 909. The van der Waals surface area contributed by atoms with Crippen LogP contribution in [0.1, 0.15) is 17.5 Å². The lowest BCUT2D eigenvalue weighted by atomic mass is 10.1. The molecule has 124 valence electrons. The number of carbonyl (C=O) groups is 1. The summed E-state index contributed by atoms with van der Waals surface area (Å²) in [4.78, 5) is 25.4. The molecule has 1 aromatic carbocycles. The average Bonchev–Trinajstić information content (AvgIpc) is 3.11. The van der Waals surface area contributed by atoms with Crippen LogP contribution in [0, 0.1) is 6.92 Å². The Morgan fingerprint density at radius 2 is 2.08 bits per heavy atom. The minimum Gasteiger partial charge on any atom is -0.338 e. The van der Waals surface area contributed by atoms with E-state index in [9.17, 15) is 9.59 Å². The van der Waals surface area contributed by atoms with Gasteiger partial charge in [-0.25, -0.2) is 0 Å². The van der Waals surface area contributed by atoms with E-state index < -0.39 is 0 Å². The molecule has 0 aliphatic rings. The van der Waals surface area contributed by atoms with E-state index >= 15 is 0 Å². The molecule has 0 saturated carbocycles. The molecule has 0 saturated heterocycles. The van der Waals surface area contributed by atoms with Crippen molar-refractivity contribution in [1.82, 2.24) is 9.72 Å². The van der Waals surface area contributed by atoms with Gasteiger partial charge in [0, 0.05) is 10.9 Å². The molecule has 7 heteroatoms. The van der Waals surface area contributed by atoms with E-state index in [0.717, 1.165) is 22.6 Å². The van der Waals surface area contributed by atoms with Crippen molar-refractivity contribution in [2.24, 2.45) is 0 Å². The topological polar surface area (TPSA) is 77.1 Å². The van der Waals surface area contributed by atoms with Crippen LogP contribution in [-0.2, 0) is 17.8 Å². The van der Waals surface area contributed by atoms with Crippen molar-refractivity contribution in [3.05, 3.63) is 56.6 Å². The van der Waals surface area contributed by atoms with E-state index in [1.807, 2.05) is 37.3 Å². The lowest BCUT2D eigenvalue weighted by Crippen LogP contribution is -2.25. The first-order chi connectivity index (χ1) is 11.6. The van der Waals surface area contributed by atoms with Crippen LogP contribution in [0.25, 0.3) is 11.3 Å². The Kier molecular flexibility index (Phi) is 4.61. The number of nitrogens with one attached hydrogen (secondary N) is 1.